The van der Waals surface area contributed by atoms with Crippen LogP contribution in [0.3, 0.4) is 0 Å². The van der Waals surface area contributed by atoms with Gasteiger partial charge in [0.15, 0.2) is 0 Å². The lowest BCUT2D eigenvalue weighted by molar-refractivity contribution is -0.131. The fraction of sp³-hybridized carbons (Fsp3) is 0.632. The van der Waals surface area contributed by atoms with Gasteiger partial charge in [-0.05, 0) is 49.5 Å². The predicted octanol–water partition coefficient (Wildman–Crippen LogP) is 3.04. The minimum Gasteiger partial charge on any atom is -0.381 e. The first-order valence-corrected chi connectivity index (χ1v) is 8.72. The van der Waals surface area contributed by atoms with E-state index in [1.54, 1.807) is 0 Å². The summed E-state index contributed by atoms with van der Waals surface area (Å²) in [6.07, 6.45) is 6.78. The molecule has 1 N–H and O–H groups in total. The van der Waals surface area contributed by atoms with E-state index < -0.39 is 0 Å². The second-order valence-electron chi connectivity index (χ2n) is 7.32. The molecule has 2 bridgehead atoms. The van der Waals surface area contributed by atoms with Crippen LogP contribution in [0, 0.1) is 11.8 Å². The van der Waals surface area contributed by atoms with Crippen LogP contribution in [0.4, 0.5) is 0 Å². The minimum atomic E-state index is -0.388. The van der Waals surface area contributed by atoms with Gasteiger partial charge in [0.05, 0.1) is 5.41 Å². The second-order valence-corrected chi connectivity index (χ2v) is 7.32. The summed E-state index contributed by atoms with van der Waals surface area (Å²) in [6, 6.07) is 10.7. The third-order valence-electron chi connectivity index (χ3n) is 6.16. The molecule has 1 aromatic carbocycles. The van der Waals surface area contributed by atoms with Crippen LogP contribution in [0.5, 0.6) is 0 Å². The number of hydrogen-bond acceptors (Lipinski definition) is 2. The van der Waals surface area contributed by atoms with Crippen LogP contribution >= 0.6 is 0 Å². The summed E-state index contributed by atoms with van der Waals surface area (Å²) in [5, 5.41) is 3.42. The molecule has 1 aromatic rings. The van der Waals surface area contributed by atoms with Crippen molar-refractivity contribution < 1.29 is 9.53 Å². The number of benzene rings is 1. The van der Waals surface area contributed by atoms with Crippen LogP contribution in [0.25, 0.3) is 0 Å². The Hall–Kier alpha value is -1.35. The van der Waals surface area contributed by atoms with Gasteiger partial charge < -0.3 is 10.1 Å². The van der Waals surface area contributed by atoms with Crippen LogP contribution in [0.15, 0.2) is 30.3 Å². The van der Waals surface area contributed by atoms with E-state index >= 15 is 0 Å². The standard InChI is InChI=1S/C19H25NO2/c21-18(20-17-13-14-6-7-15(17)12-14)19(8-10-22-11-9-19)16-4-2-1-3-5-16/h1-5,14-15,17H,6-13H2,(H,20,21)/t14-,15-,17+/m1/s1. The van der Waals surface area contributed by atoms with Gasteiger partial charge >= 0.3 is 0 Å². The van der Waals surface area contributed by atoms with E-state index in [2.05, 4.69) is 17.4 Å². The summed E-state index contributed by atoms with van der Waals surface area (Å²) in [5.41, 5.74) is 0.764. The second kappa shape index (κ2) is 5.69. The van der Waals surface area contributed by atoms with Crippen molar-refractivity contribution >= 4 is 5.91 Å². The molecule has 2 aliphatic carbocycles. The van der Waals surface area contributed by atoms with Gasteiger partial charge in [0.25, 0.3) is 0 Å². The molecule has 3 atom stereocenters. The highest BCUT2D eigenvalue weighted by Crippen LogP contribution is 2.45. The van der Waals surface area contributed by atoms with Gasteiger partial charge in [0, 0.05) is 19.3 Å². The van der Waals surface area contributed by atoms with E-state index in [1.165, 1.54) is 25.7 Å². The molecule has 3 aliphatic rings. The number of rotatable bonds is 3. The lowest BCUT2D eigenvalue weighted by atomic mass is 9.73. The Morgan fingerprint density at radius 2 is 1.86 bits per heavy atom. The van der Waals surface area contributed by atoms with Gasteiger partial charge in [-0.1, -0.05) is 36.8 Å². The third-order valence-corrected chi connectivity index (χ3v) is 6.16. The van der Waals surface area contributed by atoms with Gasteiger partial charge in [0.2, 0.25) is 5.91 Å². The van der Waals surface area contributed by atoms with E-state index in [0.29, 0.717) is 19.3 Å². The van der Waals surface area contributed by atoms with Gasteiger partial charge in [0.1, 0.15) is 0 Å². The van der Waals surface area contributed by atoms with Crippen molar-refractivity contribution in [1.82, 2.24) is 5.32 Å². The van der Waals surface area contributed by atoms with Crippen molar-refractivity contribution in [3.63, 3.8) is 0 Å². The highest BCUT2D eigenvalue weighted by molar-refractivity contribution is 5.88. The summed E-state index contributed by atoms with van der Waals surface area (Å²) >= 11 is 0. The first kappa shape index (κ1) is 14.3. The van der Waals surface area contributed by atoms with Crippen LogP contribution in [-0.2, 0) is 14.9 Å². The summed E-state index contributed by atoms with van der Waals surface area (Å²) in [7, 11) is 0. The van der Waals surface area contributed by atoms with Crippen molar-refractivity contribution in [3.05, 3.63) is 35.9 Å². The molecule has 1 heterocycles. The summed E-state index contributed by atoms with van der Waals surface area (Å²) < 4.78 is 5.54. The fourth-order valence-corrected chi connectivity index (χ4v) is 4.85. The normalized spacial score (nSPS) is 32.8. The molecule has 0 aromatic heterocycles. The zero-order chi connectivity index (χ0) is 15.0. The van der Waals surface area contributed by atoms with E-state index in [0.717, 1.165) is 30.2 Å². The summed E-state index contributed by atoms with van der Waals surface area (Å²) in [4.78, 5) is 13.2. The third kappa shape index (κ3) is 2.36. The van der Waals surface area contributed by atoms with Crippen LogP contribution in [-0.4, -0.2) is 25.2 Å². The van der Waals surface area contributed by atoms with E-state index in [4.69, 9.17) is 4.74 Å². The number of nitrogens with one attached hydrogen (secondary N) is 1. The quantitative estimate of drug-likeness (QED) is 0.931. The maximum Gasteiger partial charge on any atom is 0.231 e. The molecule has 3 heteroatoms. The predicted molar refractivity (Wildman–Crippen MR) is 85.6 cm³/mol. The molecule has 1 amide bonds. The molecule has 1 aliphatic heterocycles. The molecule has 3 fully saturated rings. The van der Waals surface area contributed by atoms with Gasteiger partial charge in [-0.3, -0.25) is 4.79 Å². The van der Waals surface area contributed by atoms with Crippen LogP contribution in [0.2, 0.25) is 0 Å². The molecule has 2 saturated carbocycles. The highest BCUT2D eigenvalue weighted by atomic mass is 16.5. The molecule has 1 saturated heterocycles. The van der Waals surface area contributed by atoms with E-state index in [9.17, 15) is 4.79 Å². The monoisotopic (exact) mass is 299 g/mol. The topological polar surface area (TPSA) is 38.3 Å². The number of ether oxygens (including phenoxy) is 1. The summed E-state index contributed by atoms with van der Waals surface area (Å²) in [5.74, 6) is 1.82. The average Bonchev–Trinajstić information content (AvgIpc) is 3.19. The van der Waals surface area contributed by atoms with Gasteiger partial charge in [-0.15, -0.1) is 0 Å². The Morgan fingerprint density at radius 3 is 2.50 bits per heavy atom. The van der Waals surface area contributed by atoms with Gasteiger partial charge in [-0.2, -0.15) is 0 Å². The van der Waals surface area contributed by atoms with Crippen molar-refractivity contribution in [2.24, 2.45) is 11.8 Å². The molecule has 0 unspecified atom stereocenters. The minimum absolute atomic E-state index is 0.236. The van der Waals surface area contributed by atoms with Crippen molar-refractivity contribution in [2.45, 2.75) is 50.0 Å². The zero-order valence-electron chi connectivity index (χ0n) is 13.1. The average molecular weight is 299 g/mol. The smallest absolute Gasteiger partial charge is 0.231 e. The van der Waals surface area contributed by atoms with Crippen molar-refractivity contribution in [2.75, 3.05) is 13.2 Å². The Bertz CT molecular complexity index is 536. The number of amides is 1. The lowest BCUT2D eigenvalue weighted by Gasteiger charge is -2.38. The molecule has 118 valence electrons. The molecular weight excluding hydrogens is 274 g/mol. The largest absolute Gasteiger partial charge is 0.381 e. The number of carbonyl (C=O) groups excluding carboxylic acids is 1. The molecule has 0 radical (unpaired) electrons. The maximum atomic E-state index is 13.2. The Balaban J connectivity index is 1.56. The van der Waals surface area contributed by atoms with Crippen LogP contribution in [0.1, 0.15) is 44.1 Å². The van der Waals surface area contributed by atoms with Gasteiger partial charge in [-0.25, -0.2) is 0 Å². The van der Waals surface area contributed by atoms with Crippen molar-refractivity contribution in [3.8, 4) is 0 Å². The highest BCUT2D eigenvalue weighted by Gasteiger charge is 2.45. The lowest BCUT2D eigenvalue weighted by Crippen LogP contribution is -2.52. The molecule has 22 heavy (non-hydrogen) atoms. The summed E-state index contributed by atoms with van der Waals surface area (Å²) in [6.45, 7) is 1.36. The SMILES string of the molecule is O=C(N[C@H]1C[C@@H]2CC[C@@H]1C2)C1(c2ccccc2)CCOCC1. The molecular formula is C19H25NO2. The number of hydrogen-bond donors (Lipinski definition) is 1. The van der Waals surface area contributed by atoms with Crippen molar-refractivity contribution in [1.29, 1.82) is 0 Å². The van der Waals surface area contributed by atoms with Crippen LogP contribution < -0.4 is 5.32 Å². The number of carbonyl (C=O) groups is 1. The zero-order valence-corrected chi connectivity index (χ0v) is 13.1. The maximum absolute atomic E-state index is 13.2. The molecule has 4 rings (SSSR count). The number of fused-ring (bicyclic) bond motifs is 2. The first-order valence-electron chi connectivity index (χ1n) is 8.72. The Kier molecular flexibility index (Phi) is 3.69. The van der Waals surface area contributed by atoms with E-state index in [1.807, 2.05) is 18.2 Å². The fourth-order valence-electron chi connectivity index (χ4n) is 4.85. The molecule has 0 spiro atoms. The van der Waals surface area contributed by atoms with E-state index in [-0.39, 0.29) is 11.3 Å². The first-order chi connectivity index (χ1) is 10.8. The Morgan fingerprint density at radius 1 is 1.09 bits per heavy atom. The molecule has 3 nitrogen and oxygen atoms in total. The Labute approximate surface area is 132 Å².